The number of anilines is 2. The van der Waals surface area contributed by atoms with Crippen LogP contribution in [-0.2, 0) is 4.74 Å². The van der Waals surface area contributed by atoms with Crippen LogP contribution in [0.5, 0.6) is 0 Å². The SMILES string of the molecule is COC(=O)c1cscc1NC(=O)c1ccc(/C(=C/C(=N)C(F)(F)F)Nc2ccccc2Cl)cc1. The summed E-state index contributed by atoms with van der Waals surface area (Å²) in [5.41, 5.74) is -0.266. The highest BCUT2D eigenvalue weighted by Crippen LogP contribution is 2.28. The topological polar surface area (TPSA) is 91.3 Å². The lowest BCUT2D eigenvalue weighted by Crippen LogP contribution is -2.20. The third kappa shape index (κ3) is 6.03. The van der Waals surface area contributed by atoms with Crippen LogP contribution < -0.4 is 10.6 Å². The Morgan fingerprint density at radius 2 is 1.65 bits per heavy atom. The second kappa shape index (κ2) is 10.5. The number of ether oxygens (including phenoxy) is 1. The summed E-state index contributed by atoms with van der Waals surface area (Å²) in [6.07, 6.45) is -4.20. The van der Waals surface area contributed by atoms with Gasteiger partial charge in [0.25, 0.3) is 5.91 Å². The van der Waals surface area contributed by atoms with Crippen LogP contribution in [0.3, 0.4) is 0 Å². The van der Waals surface area contributed by atoms with E-state index < -0.39 is 23.8 Å². The lowest BCUT2D eigenvalue weighted by molar-refractivity contribution is -0.0583. The zero-order valence-corrected chi connectivity index (χ0v) is 19.1. The first-order valence-corrected chi connectivity index (χ1v) is 10.9. The Bertz CT molecular complexity index is 1250. The number of hydrogen-bond acceptors (Lipinski definition) is 6. The first-order valence-electron chi connectivity index (χ1n) is 9.55. The van der Waals surface area contributed by atoms with Gasteiger partial charge in [-0.05, 0) is 35.9 Å². The number of thiophene rings is 1. The van der Waals surface area contributed by atoms with E-state index in [0.717, 1.165) is 0 Å². The number of amides is 1. The zero-order valence-electron chi connectivity index (χ0n) is 17.5. The molecule has 0 saturated heterocycles. The fraction of sp³-hybridized carbons (Fsp3) is 0.0870. The maximum atomic E-state index is 13.0. The molecule has 11 heteroatoms. The Balaban J connectivity index is 1.87. The highest BCUT2D eigenvalue weighted by molar-refractivity contribution is 7.08. The number of para-hydroxylation sites is 1. The van der Waals surface area contributed by atoms with Crippen molar-refractivity contribution in [2.75, 3.05) is 17.7 Å². The predicted molar refractivity (Wildman–Crippen MR) is 127 cm³/mol. The molecule has 3 N–H and O–H groups in total. The molecule has 0 radical (unpaired) electrons. The van der Waals surface area contributed by atoms with Crippen LogP contribution in [0.15, 0.2) is 65.4 Å². The number of nitrogens with one attached hydrogen (secondary N) is 3. The number of halogens is 4. The minimum Gasteiger partial charge on any atom is -0.465 e. The van der Waals surface area contributed by atoms with Crippen LogP contribution in [-0.4, -0.2) is 30.9 Å². The van der Waals surface area contributed by atoms with Gasteiger partial charge < -0.3 is 15.4 Å². The molecule has 3 aromatic rings. The molecule has 1 heterocycles. The van der Waals surface area contributed by atoms with Crippen LogP contribution >= 0.6 is 22.9 Å². The van der Waals surface area contributed by atoms with Gasteiger partial charge in [0.1, 0.15) is 5.71 Å². The Labute approximate surface area is 201 Å². The van der Waals surface area contributed by atoms with Crippen LogP contribution in [0.25, 0.3) is 5.70 Å². The minimum absolute atomic E-state index is 0.0341. The van der Waals surface area contributed by atoms with Crippen molar-refractivity contribution in [3.05, 3.63) is 87.1 Å². The minimum atomic E-state index is -4.84. The highest BCUT2D eigenvalue weighted by atomic mass is 35.5. The molecule has 176 valence electrons. The van der Waals surface area contributed by atoms with E-state index in [1.165, 1.54) is 48.1 Å². The van der Waals surface area contributed by atoms with E-state index in [0.29, 0.717) is 11.8 Å². The Hall–Kier alpha value is -3.63. The average molecular weight is 508 g/mol. The van der Waals surface area contributed by atoms with E-state index in [-0.39, 0.29) is 33.1 Å². The van der Waals surface area contributed by atoms with Gasteiger partial charge in [-0.15, -0.1) is 11.3 Å². The van der Waals surface area contributed by atoms with Gasteiger partial charge in [0.2, 0.25) is 0 Å². The second-order valence-electron chi connectivity index (χ2n) is 6.80. The number of rotatable bonds is 7. The first-order chi connectivity index (χ1) is 16.1. The molecule has 0 spiro atoms. The normalized spacial score (nSPS) is 11.6. The van der Waals surface area contributed by atoms with Crippen molar-refractivity contribution in [3.63, 3.8) is 0 Å². The zero-order chi connectivity index (χ0) is 24.9. The molecule has 0 aliphatic rings. The van der Waals surface area contributed by atoms with Crippen molar-refractivity contribution in [1.29, 1.82) is 5.41 Å². The summed E-state index contributed by atoms with van der Waals surface area (Å²) >= 11 is 7.32. The van der Waals surface area contributed by atoms with Gasteiger partial charge in [-0.2, -0.15) is 13.2 Å². The molecule has 1 amide bonds. The van der Waals surface area contributed by atoms with Crippen LogP contribution in [0.4, 0.5) is 24.5 Å². The third-order valence-corrected chi connectivity index (χ3v) is 5.58. The summed E-state index contributed by atoms with van der Waals surface area (Å²) < 4.78 is 43.7. The second-order valence-corrected chi connectivity index (χ2v) is 7.95. The number of esters is 1. The molecule has 0 aliphatic carbocycles. The quantitative estimate of drug-likeness (QED) is 0.252. The summed E-state index contributed by atoms with van der Waals surface area (Å²) in [7, 11) is 1.23. The van der Waals surface area contributed by atoms with E-state index in [1.54, 1.807) is 29.6 Å². The number of carbonyl (C=O) groups excluding carboxylic acids is 2. The van der Waals surface area contributed by atoms with Gasteiger partial charge in [0, 0.05) is 22.0 Å². The standard InChI is InChI=1S/C23H17ClF3N3O3S/c1-33-22(32)15-11-34-12-19(15)30-21(31)14-8-6-13(7-9-14)18(10-20(28)23(25,26)27)29-17-5-3-2-4-16(17)24/h2-12,28-29H,1H3,(H,30,31)/b18-10-,28-20?. The van der Waals surface area contributed by atoms with Gasteiger partial charge >= 0.3 is 12.1 Å². The van der Waals surface area contributed by atoms with E-state index in [1.807, 2.05) is 0 Å². The smallest absolute Gasteiger partial charge is 0.432 e. The average Bonchev–Trinajstić information content (AvgIpc) is 3.27. The molecule has 0 fully saturated rings. The van der Waals surface area contributed by atoms with Crippen molar-refractivity contribution in [1.82, 2.24) is 0 Å². The van der Waals surface area contributed by atoms with Gasteiger partial charge in [-0.1, -0.05) is 35.9 Å². The Kier molecular flexibility index (Phi) is 7.75. The lowest BCUT2D eigenvalue weighted by atomic mass is 10.1. The molecule has 3 rings (SSSR count). The number of allylic oxidation sites excluding steroid dienone is 1. The van der Waals surface area contributed by atoms with Gasteiger partial charge in [0.15, 0.2) is 0 Å². The molecular formula is C23H17ClF3N3O3S. The molecule has 1 aromatic heterocycles. The number of carbonyl (C=O) groups is 2. The fourth-order valence-electron chi connectivity index (χ4n) is 2.78. The van der Waals surface area contributed by atoms with E-state index in [2.05, 4.69) is 15.4 Å². The van der Waals surface area contributed by atoms with Crippen molar-refractivity contribution < 1.29 is 27.5 Å². The van der Waals surface area contributed by atoms with E-state index in [4.69, 9.17) is 17.0 Å². The summed E-state index contributed by atoms with van der Waals surface area (Å²) in [4.78, 5) is 24.4. The van der Waals surface area contributed by atoms with Crippen LogP contribution in [0, 0.1) is 5.41 Å². The lowest BCUT2D eigenvalue weighted by Gasteiger charge is -2.15. The van der Waals surface area contributed by atoms with Gasteiger partial charge in [-0.25, -0.2) is 4.79 Å². The summed E-state index contributed by atoms with van der Waals surface area (Å²) in [5.74, 6) is -1.12. The molecular weight excluding hydrogens is 491 g/mol. The number of alkyl halides is 3. The summed E-state index contributed by atoms with van der Waals surface area (Å²) in [6.45, 7) is 0. The van der Waals surface area contributed by atoms with Crippen molar-refractivity contribution in [2.24, 2.45) is 0 Å². The molecule has 0 bridgehead atoms. The fourth-order valence-corrected chi connectivity index (χ4v) is 3.72. The number of benzene rings is 2. The maximum Gasteiger partial charge on any atom is 0.432 e. The first kappa shape index (κ1) is 25.0. The molecule has 0 unspecified atom stereocenters. The Morgan fingerprint density at radius 1 is 1.00 bits per heavy atom. The largest absolute Gasteiger partial charge is 0.465 e. The van der Waals surface area contributed by atoms with Crippen LogP contribution in [0.2, 0.25) is 5.02 Å². The molecule has 6 nitrogen and oxygen atoms in total. The van der Waals surface area contributed by atoms with Gasteiger partial charge in [-0.3, -0.25) is 10.2 Å². The monoisotopic (exact) mass is 507 g/mol. The predicted octanol–water partition coefficient (Wildman–Crippen LogP) is 6.48. The van der Waals surface area contributed by atoms with Crippen molar-refractivity contribution >= 4 is 57.6 Å². The maximum absolute atomic E-state index is 13.0. The highest BCUT2D eigenvalue weighted by Gasteiger charge is 2.33. The van der Waals surface area contributed by atoms with Crippen molar-refractivity contribution in [2.45, 2.75) is 6.18 Å². The summed E-state index contributed by atoms with van der Waals surface area (Å²) in [6, 6.07) is 12.2. The Morgan fingerprint density at radius 3 is 2.26 bits per heavy atom. The molecule has 2 aromatic carbocycles. The molecule has 34 heavy (non-hydrogen) atoms. The van der Waals surface area contributed by atoms with Crippen LogP contribution in [0.1, 0.15) is 26.3 Å². The molecule has 0 aliphatic heterocycles. The molecule has 0 saturated carbocycles. The van der Waals surface area contributed by atoms with Crippen molar-refractivity contribution in [3.8, 4) is 0 Å². The number of methoxy groups -OCH3 is 1. The summed E-state index contributed by atoms with van der Waals surface area (Å²) in [5, 5.41) is 16.2. The third-order valence-electron chi connectivity index (χ3n) is 4.51. The van der Waals surface area contributed by atoms with Gasteiger partial charge in [0.05, 0.1) is 29.1 Å². The molecule has 0 atom stereocenters. The van der Waals surface area contributed by atoms with E-state index in [9.17, 15) is 22.8 Å². The number of hydrogen-bond donors (Lipinski definition) is 3. The van der Waals surface area contributed by atoms with E-state index >= 15 is 0 Å².